The molecule has 0 aliphatic carbocycles. The van der Waals surface area contributed by atoms with Gasteiger partial charge < -0.3 is 9.84 Å². The molecule has 0 saturated carbocycles. The molecule has 0 heterocycles. The zero-order chi connectivity index (χ0) is 15.6. The fourth-order valence-electron chi connectivity index (χ4n) is 1.69. The van der Waals surface area contributed by atoms with Crippen LogP contribution in [0.15, 0.2) is 36.4 Å². The van der Waals surface area contributed by atoms with Gasteiger partial charge in [0.05, 0.1) is 16.0 Å². The molecule has 0 fully saturated rings. The van der Waals surface area contributed by atoms with Gasteiger partial charge in [-0.3, -0.25) is 10.1 Å². The second-order valence-electron chi connectivity index (χ2n) is 4.34. The van der Waals surface area contributed by atoms with E-state index in [0.29, 0.717) is 5.56 Å². The standard InChI is InChI=1S/C14H11ClFNO4/c1-8(18)9-2-5-14(13(6-9)17(19)20)21-10-3-4-12(16)11(15)7-10/h2-8,18H,1H3. The number of nitro groups is 1. The summed E-state index contributed by atoms with van der Waals surface area (Å²) in [4.78, 5) is 10.4. The van der Waals surface area contributed by atoms with Crippen molar-refractivity contribution in [3.8, 4) is 11.5 Å². The van der Waals surface area contributed by atoms with Crippen molar-refractivity contribution in [2.45, 2.75) is 13.0 Å². The van der Waals surface area contributed by atoms with Crippen LogP contribution in [-0.2, 0) is 0 Å². The van der Waals surface area contributed by atoms with Crippen LogP contribution in [0.4, 0.5) is 10.1 Å². The number of nitrogens with zero attached hydrogens (tertiary/aromatic N) is 1. The van der Waals surface area contributed by atoms with Gasteiger partial charge in [0.25, 0.3) is 0 Å². The molecule has 1 atom stereocenters. The zero-order valence-corrected chi connectivity index (χ0v) is 11.7. The Morgan fingerprint density at radius 1 is 1.33 bits per heavy atom. The maximum absolute atomic E-state index is 13.1. The van der Waals surface area contributed by atoms with Gasteiger partial charge in [-0.05, 0) is 30.7 Å². The fraction of sp³-hybridized carbons (Fsp3) is 0.143. The summed E-state index contributed by atoms with van der Waals surface area (Å²) in [7, 11) is 0. The predicted octanol–water partition coefficient (Wildman–Crippen LogP) is 4.23. The number of aliphatic hydroxyl groups is 1. The molecule has 0 saturated heterocycles. The molecular weight excluding hydrogens is 301 g/mol. The molecule has 0 aliphatic heterocycles. The first-order chi connectivity index (χ1) is 9.88. The molecule has 2 aromatic carbocycles. The minimum Gasteiger partial charge on any atom is -0.450 e. The van der Waals surface area contributed by atoms with Gasteiger partial charge in [-0.1, -0.05) is 17.7 Å². The highest BCUT2D eigenvalue weighted by atomic mass is 35.5. The van der Waals surface area contributed by atoms with E-state index in [-0.39, 0.29) is 22.2 Å². The molecule has 2 rings (SSSR count). The van der Waals surface area contributed by atoms with Crippen molar-refractivity contribution in [3.05, 3.63) is 62.9 Å². The Hall–Kier alpha value is -2.18. The topological polar surface area (TPSA) is 72.6 Å². The number of hydrogen-bond donors (Lipinski definition) is 1. The molecule has 1 N–H and O–H groups in total. The van der Waals surface area contributed by atoms with Crippen molar-refractivity contribution in [2.24, 2.45) is 0 Å². The quantitative estimate of drug-likeness (QED) is 0.677. The maximum atomic E-state index is 13.1. The van der Waals surface area contributed by atoms with Crippen LogP contribution in [-0.4, -0.2) is 10.0 Å². The second-order valence-corrected chi connectivity index (χ2v) is 4.75. The molecule has 5 nitrogen and oxygen atoms in total. The molecule has 7 heteroatoms. The van der Waals surface area contributed by atoms with Gasteiger partial charge in [-0.15, -0.1) is 0 Å². The highest BCUT2D eigenvalue weighted by Gasteiger charge is 2.18. The van der Waals surface area contributed by atoms with Gasteiger partial charge in [-0.25, -0.2) is 4.39 Å². The smallest absolute Gasteiger partial charge is 0.311 e. The van der Waals surface area contributed by atoms with Crippen LogP contribution in [0, 0.1) is 15.9 Å². The van der Waals surface area contributed by atoms with Gasteiger partial charge >= 0.3 is 5.69 Å². The lowest BCUT2D eigenvalue weighted by Crippen LogP contribution is -1.97. The van der Waals surface area contributed by atoms with E-state index in [2.05, 4.69) is 0 Å². The van der Waals surface area contributed by atoms with Crippen LogP contribution < -0.4 is 4.74 Å². The van der Waals surface area contributed by atoms with E-state index in [1.807, 2.05) is 0 Å². The van der Waals surface area contributed by atoms with E-state index in [9.17, 15) is 19.6 Å². The van der Waals surface area contributed by atoms with Crippen LogP contribution in [0.3, 0.4) is 0 Å². The van der Waals surface area contributed by atoms with Crippen LogP contribution in [0.2, 0.25) is 5.02 Å². The molecule has 0 amide bonds. The minimum atomic E-state index is -0.835. The number of nitro benzene ring substituents is 1. The average molecular weight is 312 g/mol. The molecule has 110 valence electrons. The summed E-state index contributed by atoms with van der Waals surface area (Å²) in [5.41, 5.74) is 0.0973. The highest BCUT2D eigenvalue weighted by Crippen LogP contribution is 2.34. The van der Waals surface area contributed by atoms with Crippen LogP contribution >= 0.6 is 11.6 Å². The van der Waals surface area contributed by atoms with E-state index < -0.39 is 16.8 Å². The van der Waals surface area contributed by atoms with Gasteiger partial charge in [0.1, 0.15) is 11.6 Å². The number of halogens is 2. The first-order valence-corrected chi connectivity index (χ1v) is 6.35. The van der Waals surface area contributed by atoms with Crippen molar-refractivity contribution < 1.29 is 19.2 Å². The van der Waals surface area contributed by atoms with Gasteiger partial charge in [0, 0.05) is 12.1 Å². The monoisotopic (exact) mass is 311 g/mol. The lowest BCUT2D eigenvalue weighted by Gasteiger charge is -2.09. The normalized spacial score (nSPS) is 12.0. The minimum absolute atomic E-state index is 0.0212. The molecule has 0 aliphatic rings. The zero-order valence-electron chi connectivity index (χ0n) is 10.9. The molecule has 0 aromatic heterocycles. The maximum Gasteiger partial charge on any atom is 0.311 e. The molecule has 0 spiro atoms. The van der Waals surface area contributed by atoms with Crippen LogP contribution in [0.5, 0.6) is 11.5 Å². The highest BCUT2D eigenvalue weighted by molar-refractivity contribution is 6.30. The molecule has 1 unspecified atom stereocenters. The lowest BCUT2D eigenvalue weighted by molar-refractivity contribution is -0.385. The molecular formula is C14H11ClFNO4. The summed E-state index contributed by atoms with van der Waals surface area (Å²) < 4.78 is 18.4. The Balaban J connectivity index is 2.39. The Labute approximate surface area is 124 Å². The third-order valence-electron chi connectivity index (χ3n) is 2.78. The first-order valence-electron chi connectivity index (χ1n) is 5.98. The van der Waals surface area contributed by atoms with Crippen LogP contribution in [0.1, 0.15) is 18.6 Å². The van der Waals surface area contributed by atoms with Crippen molar-refractivity contribution in [1.29, 1.82) is 0 Å². The van der Waals surface area contributed by atoms with Crippen molar-refractivity contribution in [1.82, 2.24) is 0 Å². The third-order valence-corrected chi connectivity index (χ3v) is 3.07. The number of aliphatic hydroxyl groups excluding tert-OH is 1. The van der Waals surface area contributed by atoms with Gasteiger partial charge in [0.2, 0.25) is 5.75 Å². The SMILES string of the molecule is CC(O)c1ccc(Oc2ccc(F)c(Cl)c2)c([N+](=O)[O-])c1. The number of ether oxygens (including phenoxy) is 1. The second kappa shape index (κ2) is 6.07. The van der Waals surface area contributed by atoms with Crippen molar-refractivity contribution >= 4 is 17.3 Å². The van der Waals surface area contributed by atoms with Gasteiger partial charge in [0.15, 0.2) is 0 Å². The van der Waals surface area contributed by atoms with Crippen molar-refractivity contribution in [2.75, 3.05) is 0 Å². The average Bonchev–Trinajstić information content (AvgIpc) is 2.43. The van der Waals surface area contributed by atoms with Crippen molar-refractivity contribution in [3.63, 3.8) is 0 Å². The summed E-state index contributed by atoms with van der Waals surface area (Å²) in [5.74, 6) is -0.454. The van der Waals surface area contributed by atoms with Crippen LogP contribution in [0.25, 0.3) is 0 Å². The largest absolute Gasteiger partial charge is 0.450 e. The van der Waals surface area contributed by atoms with E-state index in [4.69, 9.17) is 16.3 Å². The number of rotatable bonds is 4. The Kier molecular flexibility index (Phi) is 4.40. The third kappa shape index (κ3) is 3.48. The van der Waals surface area contributed by atoms with E-state index in [1.54, 1.807) is 0 Å². The number of benzene rings is 2. The Morgan fingerprint density at radius 3 is 2.62 bits per heavy atom. The summed E-state index contributed by atoms with van der Waals surface area (Å²) in [6, 6.07) is 7.76. The summed E-state index contributed by atoms with van der Waals surface area (Å²) in [6.45, 7) is 1.50. The molecule has 2 aromatic rings. The summed E-state index contributed by atoms with van der Waals surface area (Å²) in [6.07, 6.45) is -0.835. The first kappa shape index (κ1) is 15.2. The molecule has 21 heavy (non-hydrogen) atoms. The Morgan fingerprint density at radius 2 is 2.05 bits per heavy atom. The summed E-state index contributed by atoms with van der Waals surface area (Å²) in [5, 5.41) is 20.4. The number of hydrogen-bond acceptors (Lipinski definition) is 4. The lowest BCUT2D eigenvalue weighted by atomic mass is 10.1. The molecule has 0 radical (unpaired) electrons. The summed E-state index contributed by atoms with van der Waals surface area (Å²) >= 11 is 5.63. The fourth-order valence-corrected chi connectivity index (χ4v) is 1.86. The molecule has 0 bridgehead atoms. The Bertz CT molecular complexity index is 691. The predicted molar refractivity (Wildman–Crippen MR) is 75.2 cm³/mol. The van der Waals surface area contributed by atoms with Gasteiger partial charge in [-0.2, -0.15) is 0 Å². The van der Waals surface area contributed by atoms with E-state index >= 15 is 0 Å². The van der Waals surface area contributed by atoms with E-state index in [1.165, 1.54) is 37.3 Å². The van der Waals surface area contributed by atoms with E-state index in [0.717, 1.165) is 6.07 Å².